The Morgan fingerprint density at radius 3 is 2.86 bits per heavy atom. The highest BCUT2D eigenvalue weighted by molar-refractivity contribution is 5.13. The summed E-state index contributed by atoms with van der Waals surface area (Å²) in [4.78, 5) is 0. The van der Waals surface area contributed by atoms with Gasteiger partial charge in [0.25, 0.3) is 0 Å². The van der Waals surface area contributed by atoms with Crippen molar-refractivity contribution in [1.29, 1.82) is 0 Å². The van der Waals surface area contributed by atoms with Crippen molar-refractivity contribution in [2.45, 2.75) is 37.8 Å². The molecule has 3 atom stereocenters. The lowest BCUT2D eigenvalue weighted by molar-refractivity contribution is -0.0296. The van der Waals surface area contributed by atoms with Gasteiger partial charge in [-0.1, -0.05) is 30.3 Å². The summed E-state index contributed by atoms with van der Waals surface area (Å²) < 4.78 is 10.8. The van der Waals surface area contributed by atoms with Crippen LogP contribution in [0.1, 0.15) is 18.9 Å². The average Bonchev–Trinajstić information content (AvgIpc) is 2.80. The molecule has 1 aromatic carbocycles. The molecular weight excluding hydrogens is 270 g/mol. The van der Waals surface area contributed by atoms with Crippen molar-refractivity contribution in [2.75, 3.05) is 26.3 Å². The molecule has 5 nitrogen and oxygen atoms in total. The zero-order chi connectivity index (χ0) is 15.1. The van der Waals surface area contributed by atoms with Gasteiger partial charge in [0.05, 0.1) is 25.4 Å². The van der Waals surface area contributed by atoms with Crippen molar-refractivity contribution in [3.8, 4) is 0 Å². The van der Waals surface area contributed by atoms with Crippen molar-refractivity contribution in [3.05, 3.63) is 35.9 Å². The molecule has 1 fully saturated rings. The van der Waals surface area contributed by atoms with Crippen LogP contribution < -0.4 is 5.32 Å². The van der Waals surface area contributed by atoms with Crippen molar-refractivity contribution in [1.82, 2.24) is 5.32 Å². The fourth-order valence-electron chi connectivity index (χ4n) is 2.40. The normalized spacial score (nSPS) is 26.9. The number of benzene rings is 1. The van der Waals surface area contributed by atoms with Crippen LogP contribution >= 0.6 is 0 Å². The van der Waals surface area contributed by atoms with Crippen LogP contribution in [0, 0.1) is 0 Å². The molecule has 1 aliphatic heterocycles. The zero-order valence-electron chi connectivity index (χ0n) is 12.5. The first-order valence-corrected chi connectivity index (χ1v) is 7.44. The minimum absolute atomic E-state index is 0.170. The molecule has 0 spiro atoms. The quantitative estimate of drug-likeness (QED) is 0.658. The highest BCUT2D eigenvalue weighted by atomic mass is 16.5. The molecule has 2 rings (SSSR count). The predicted molar refractivity (Wildman–Crippen MR) is 80.0 cm³/mol. The molecule has 5 heteroatoms. The van der Waals surface area contributed by atoms with Crippen molar-refractivity contribution >= 4 is 0 Å². The molecule has 3 unspecified atom stereocenters. The zero-order valence-corrected chi connectivity index (χ0v) is 12.5. The standard InChI is InChI=1S/C16H25NO4/c1-13-16(19,7-8-21-13)12-17-9-15(18)11-20-10-14-5-3-2-4-6-14/h2-6,13,15,17-19H,7-12H2,1H3. The maximum Gasteiger partial charge on any atom is 0.105 e. The SMILES string of the molecule is CC1OCCC1(O)CNCC(O)COCc1ccccc1. The Hall–Kier alpha value is -0.980. The minimum Gasteiger partial charge on any atom is -0.389 e. The summed E-state index contributed by atoms with van der Waals surface area (Å²) in [6, 6.07) is 9.86. The summed E-state index contributed by atoms with van der Waals surface area (Å²) in [6.45, 7) is 4.03. The summed E-state index contributed by atoms with van der Waals surface area (Å²) in [5.74, 6) is 0. The highest BCUT2D eigenvalue weighted by Gasteiger charge is 2.39. The maximum absolute atomic E-state index is 10.3. The van der Waals surface area contributed by atoms with E-state index in [0.717, 1.165) is 5.56 Å². The number of ether oxygens (including phenoxy) is 2. The van der Waals surface area contributed by atoms with Gasteiger partial charge in [-0.2, -0.15) is 0 Å². The van der Waals surface area contributed by atoms with Gasteiger partial charge in [-0.05, 0) is 12.5 Å². The van der Waals surface area contributed by atoms with Gasteiger partial charge in [-0.15, -0.1) is 0 Å². The van der Waals surface area contributed by atoms with E-state index in [1.807, 2.05) is 37.3 Å². The summed E-state index contributed by atoms with van der Waals surface area (Å²) in [5.41, 5.74) is 0.258. The Balaban J connectivity index is 1.58. The van der Waals surface area contributed by atoms with Crippen LogP contribution in [0.2, 0.25) is 0 Å². The van der Waals surface area contributed by atoms with Crippen LogP contribution in [-0.2, 0) is 16.1 Å². The van der Waals surface area contributed by atoms with E-state index in [0.29, 0.717) is 32.7 Å². The number of aliphatic hydroxyl groups is 2. The molecule has 1 saturated heterocycles. The van der Waals surface area contributed by atoms with Crippen LogP contribution in [0.5, 0.6) is 0 Å². The molecule has 0 aromatic heterocycles. The highest BCUT2D eigenvalue weighted by Crippen LogP contribution is 2.24. The first kappa shape index (κ1) is 16.4. The van der Waals surface area contributed by atoms with Crippen LogP contribution in [0.4, 0.5) is 0 Å². The van der Waals surface area contributed by atoms with Crippen LogP contribution in [-0.4, -0.2) is 54.3 Å². The molecule has 1 heterocycles. The van der Waals surface area contributed by atoms with E-state index in [-0.39, 0.29) is 12.7 Å². The van der Waals surface area contributed by atoms with Crippen LogP contribution in [0.3, 0.4) is 0 Å². The van der Waals surface area contributed by atoms with Gasteiger partial charge in [0, 0.05) is 26.1 Å². The molecule has 1 aromatic rings. The van der Waals surface area contributed by atoms with E-state index in [1.165, 1.54) is 0 Å². The molecule has 0 aliphatic carbocycles. The van der Waals surface area contributed by atoms with E-state index >= 15 is 0 Å². The Labute approximate surface area is 125 Å². The lowest BCUT2D eigenvalue weighted by atomic mass is 9.97. The fourth-order valence-corrected chi connectivity index (χ4v) is 2.40. The van der Waals surface area contributed by atoms with E-state index in [4.69, 9.17) is 9.47 Å². The topological polar surface area (TPSA) is 71.0 Å². The monoisotopic (exact) mass is 295 g/mol. The maximum atomic E-state index is 10.3. The third-order valence-electron chi connectivity index (χ3n) is 3.89. The van der Waals surface area contributed by atoms with E-state index < -0.39 is 11.7 Å². The third-order valence-corrected chi connectivity index (χ3v) is 3.89. The Morgan fingerprint density at radius 2 is 2.19 bits per heavy atom. The lowest BCUT2D eigenvalue weighted by Gasteiger charge is -2.26. The fraction of sp³-hybridized carbons (Fsp3) is 0.625. The smallest absolute Gasteiger partial charge is 0.105 e. The van der Waals surface area contributed by atoms with Gasteiger partial charge in [0.1, 0.15) is 5.60 Å². The molecule has 0 bridgehead atoms. The number of hydrogen-bond donors (Lipinski definition) is 3. The first-order valence-electron chi connectivity index (χ1n) is 7.44. The third kappa shape index (κ3) is 5.05. The van der Waals surface area contributed by atoms with E-state index in [1.54, 1.807) is 0 Å². The van der Waals surface area contributed by atoms with Gasteiger partial charge >= 0.3 is 0 Å². The lowest BCUT2D eigenvalue weighted by Crippen LogP contribution is -2.47. The summed E-state index contributed by atoms with van der Waals surface area (Å²) in [5, 5.41) is 23.2. The molecule has 3 N–H and O–H groups in total. The Kier molecular flexibility index (Phi) is 6.14. The second-order valence-corrected chi connectivity index (χ2v) is 5.65. The molecule has 1 aliphatic rings. The second-order valence-electron chi connectivity index (χ2n) is 5.65. The Morgan fingerprint density at radius 1 is 1.43 bits per heavy atom. The van der Waals surface area contributed by atoms with Crippen molar-refractivity contribution in [2.24, 2.45) is 0 Å². The minimum atomic E-state index is -0.829. The molecule has 0 saturated carbocycles. The van der Waals surface area contributed by atoms with Crippen molar-refractivity contribution < 1.29 is 19.7 Å². The van der Waals surface area contributed by atoms with E-state index in [2.05, 4.69) is 5.32 Å². The molecule has 118 valence electrons. The molecule has 21 heavy (non-hydrogen) atoms. The predicted octanol–water partition coefficient (Wildman–Crippen LogP) is 0.694. The van der Waals surface area contributed by atoms with Crippen LogP contribution in [0.25, 0.3) is 0 Å². The molecule has 0 amide bonds. The summed E-state index contributed by atoms with van der Waals surface area (Å²) in [7, 11) is 0. The molecule has 0 radical (unpaired) electrons. The number of aliphatic hydroxyl groups excluding tert-OH is 1. The summed E-state index contributed by atoms with van der Waals surface area (Å²) in [6.07, 6.45) is -0.131. The van der Waals surface area contributed by atoms with Gasteiger partial charge in [-0.25, -0.2) is 0 Å². The van der Waals surface area contributed by atoms with Gasteiger partial charge in [0.2, 0.25) is 0 Å². The van der Waals surface area contributed by atoms with Crippen molar-refractivity contribution in [3.63, 3.8) is 0 Å². The number of nitrogens with one attached hydrogen (secondary N) is 1. The average molecular weight is 295 g/mol. The van der Waals surface area contributed by atoms with Gasteiger partial charge < -0.3 is 25.0 Å². The first-order chi connectivity index (χ1) is 10.1. The molecular formula is C16H25NO4. The number of hydrogen-bond acceptors (Lipinski definition) is 5. The summed E-state index contributed by atoms with van der Waals surface area (Å²) >= 11 is 0. The second kappa shape index (κ2) is 7.87. The van der Waals surface area contributed by atoms with Gasteiger partial charge in [0.15, 0.2) is 0 Å². The van der Waals surface area contributed by atoms with Gasteiger partial charge in [-0.3, -0.25) is 0 Å². The Bertz CT molecular complexity index is 414. The number of rotatable bonds is 8. The largest absolute Gasteiger partial charge is 0.389 e. The van der Waals surface area contributed by atoms with Crippen LogP contribution in [0.15, 0.2) is 30.3 Å². The van der Waals surface area contributed by atoms with E-state index in [9.17, 15) is 10.2 Å².